The van der Waals surface area contributed by atoms with Crippen molar-refractivity contribution < 1.29 is 8.42 Å². The number of hydrogen-bond acceptors (Lipinski definition) is 3. The fourth-order valence-electron chi connectivity index (χ4n) is 3.20. The van der Waals surface area contributed by atoms with Gasteiger partial charge in [-0.1, -0.05) is 18.2 Å². The van der Waals surface area contributed by atoms with Gasteiger partial charge >= 0.3 is 0 Å². The second-order valence-electron chi connectivity index (χ2n) is 6.29. The van der Waals surface area contributed by atoms with Crippen LogP contribution in [0.3, 0.4) is 0 Å². The molecule has 0 aliphatic heterocycles. The fourth-order valence-corrected chi connectivity index (χ4v) is 4.78. The molecule has 3 N–H and O–H groups in total. The summed E-state index contributed by atoms with van der Waals surface area (Å²) in [5.41, 5.74) is 10.5. The molecule has 0 fully saturated rings. The van der Waals surface area contributed by atoms with E-state index in [1.165, 1.54) is 0 Å². The van der Waals surface area contributed by atoms with Crippen molar-refractivity contribution in [2.24, 2.45) is 0 Å². The van der Waals surface area contributed by atoms with Gasteiger partial charge in [-0.25, -0.2) is 13.1 Å². The molecule has 1 unspecified atom stereocenters. The Balaban J connectivity index is 1.95. The van der Waals surface area contributed by atoms with Crippen LogP contribution in [-0.2, 0) is 16.4 Å². The molecule has 0 aromatic heterocycles. The van der Waals surface area contributed by atoms with Crippen LogP contribution in [0.5, 0.6) is 0 Å². The fraction of sp³-hybridized carbons (Fsp3) is 0.333. The van der Waals surface area contributed by atoms with Crippen LogP contribution in [0.1, 0.15) is 41.1 Å². The van der Waals surface area contributed by atoms with E-state index in [-0.39, 0.29) is 6.04 Å². The predicted molar refractivity (Wildman–Crippen MR) is 92.8 cm³/mol. The van der Waals surface area contributed by atoms with Gasteiger partial charge in [0.05, 0.1) is 4.90 Å². The number of anilines is 1. The van der Waals surface area contributed by atoms with Crippen LogP contribution < -0.4 is 10.5 Å². The Kier molecular flexibility index (Phi) is 4.17. The molecule has 1 atom stereocenters. The molecule has 3 rings (SSSR count). The van der Waals surface area contributed by atoms with Gasteiger partial charge in [0.15, 0.2) is 0 Å². The maximum atomic E-state index is 12.8. The number of hydrogen-bond donors (Lipinski definition) is 2. The summed E-state index contributed by atoms with van der Waals surface area (Å²) in [5.74, 6) is 0. The molecule has 0 bridgehead atoms. The first kappa shape index (κ1) is 16.0. The molecular formula is C18H22N2O2S. The molecular weight excluding hydrogens is 308 g/mol. The van der Waals surface area contributed by atoms with E-state index in [1.807, 2.05) is 44.2 Å². The lowest BCUT2D eigenvalue weighted by atomic mass is 9.88. The molecule has 0 radical (unpaired) electrons. The summed E-state index contributed by atoms with van der Waals surface area (Å²) < 4.78 is 28.5. The maximum absolute atomic E-state index is 12.8. The van der Waals surface area contributed by atoms with Gasteiger partial charge in [0.1, 0.15) is 0 Å². The Bertz CT molecular complexity index is 844. The number of nitrogens with two attached hydrogens (primary N) is 1. The first-order chi connectivity index (χ1) is 10.9. The Morgan fingerprint density at radius 3 is 2.70 bits per heavy atom. The van der Waals surface area contributed by atoms with Crippen LogP contribution >= 0.6 is 0 Å². The lowest BCUT2D eigenvalue weighted by Gasteiger charge is -2.27. The molecule has 1 aliphatic carbocycles. The number of nitrogens with one attached hydrogen (secondary N) is 1. The second-order valence-corrected chi connectivity index (χ2v) is 7.98. The number of nitrogen functional groups attached to an aromatic ring is 1. The Labute approximate surface area is 137 Å². The van der Waals surface area contributed by atoms with E-state index in [4.69, 9.17) is 5.73 Å². The van der Waals surface area contributed by atoms with E-state index >= 15 is 0 Å². The maximum Gasteiger partial charge on any atom is 0.241 e. The number of sulfonamides is 1. The number of fused-ring (bicyclic) bond motifs is 1. The highest BCUT2D eigenvalue weighted by atomic mass is 32.2. The van der Waals surface area contributed by atoms with E-state index in [1.54, 1.807) is 6.07 Å². The summed E-state index contributed by atoms with van der Waals surface area (Å²) in [7, 11) is -3.55. The average molecular weight is 330 g/mol. The molecule has 0 amide bonds. The largest absolute Gasteiger partial charge is 0.399 e. The minimum Gasteiger partial charge on any atom is -0.399 e. The molecule has 0 saturated carbocycles. The third-order valence-corrected chi connectivity index (χ3v) is 6.03. The minimum atomic E-state index is -3.55. The summed E-state index contributed by atoms with van der Waals surface area (Å²) >= 11 is 0. The van der Waals surface area contributed by atoms with Crippen molar-refractivity contribution >= 4 is 15.7 Å². The van der Waals surface area contributed by atoms with Crippen LogP contribution in [0.4, 0.5) is 5.69 Å². The summed E-state index contributed by atoms with van der Waals surface area (Å²) in [6.45, 7) is 3.72. The average Bonchev–Trinajstić information content (AvgIpc) is 2.49. The molecule has 2 aromatic carbocycles. The van der Waals surface area contributed by atoms with Gasteiger partial charge in [-0.2, -0.15) is 0 Å². The predicted octanol–water partition coefficient (Wildman–Crippen LogP) is 3.24. The van der Waals surface area contributed by atoms with Gasteiger partial charge < -0.3 is 5.73 Å². The van der Waals surface area contributed by atoms with E-state index in [9.17, 15) is 8.42 Å². The van der Waals surface area contributed by atoms with Crippen molar-refractivity contribution in [3.63, 3.8) is 0 Å². The first-order valence-corrected chi connectivity index (χ1v) is 9.33. The van der Waals surface area contributed by atoms with Gasteiger partial charge in [0.25, 0.3) is 0 Å². The molecule has 0 spiro atoms. The van der Waals surface area contributed by atoms with Crippen molar-refractivity contribution in [2.75, 3.05) is 5.73 Å². The molecule has 4 nitrogen and oxygen atoms in total. The lowest BCUT2D eigenvalue weighted by molar-refractivity contribution is 0.507. The van der Waals surface area contributed by atoms with Crippen molar-refractivity contribution in [3.8, 4) is 0 Å². The Morgan fingerprint density at radius 1 is 1.13 bits per heavy atom. The first-order valence-electron chi connectivity index (χ1n) is 7.85. The van der Waals surface area contributed by atoms with E-state index < -0.39 is 10.0 Å². The van der Waals surface area contributed by atoms with Crippen LogP contribution in [-0.4, -0.2) is 8.42 Å². The second kappa shape index (κ2) is 5.98. The number of aryl methyl sites for hydroxylation is 3. The van der Waals surface area contributed by atoms with Gasteiger partial charge in [0, 0.05) is 11.7 Å². The van der Waals surface area contributed by atoms with Crippen molar-refractivity contribution in [1.82, 2.24) is 4.72 Å². The minimum absolute atomic E-state index is 0.190. The Hall–Kier alpha value is -1.85. The third kappa shape index (κ3) is 3.26. The third-order valence-electron chi connectivity index (χ3n) is 4.41. The highest BCUT2D eigenvalue weighted by Crippen LogP contribution is 2.32. The zero-order valence-electron chi connectivity index (χ0n) is 13.5. The smallest absolute Gasteiger partial charge is 0.241 e. The van der Waals surface area contributed by atoms with Crippen LogP contribution in [0.25, 0.3) is 0 Å². The zero-order chi connectivity index (χ0) is 16.6. The Morgan fingerprint density at radius 2 is 1.91 bits per heavy atom. The van der Waals surface area contributed by atoms with E-state index in [0.29, 0.717) is 4.90 Å². The molecule has 5 heteroatoms. The van der Waals surface area contributed by atoms with Crippen molar-refractivity contribution in [2.45, 2.75) is 44.0 Å². The van der Waals surface area contributed by atoms with Crippen LogP contribution in [0.15, 0.2) is 41.3 Å². The van der Waals surface area contributed by atoms with Crippen LogP contribution in [0.2, 0.25) is 0 Å². The lowest BCUT2D eigenvalue weighted by Crippen LogP contribution is -2.31. The van der Waals surface area contributed by atoms with Crippen LogP contribution in [0, 0.1) is 13.8 Å². The quantitative estimate of drug-likeness (QED) is 0.849. The summed E-state index contributed by atoms with van der Waals surface area (Å²) in [6, 6.07) is 11.0. The van der Waals surface area contributed by atoms with Gasteiger partial charge in [-0.05, 0) is 73.6 Å². The molecule has 1 aliphatic rings. The molecule has 0 heterocycles. The molecule has 2 aromatic rings. The summed E-state index contributed by atoms with van der Waals surface area (Å²) in [5, 5.41) is 0. The highest BCUT2D eigenvalue weighted by molar-refractivity contribution is 7.89. The molecule has 122 valence electrons. The van der Waals surface area contributed by atoms with Gasteiger partial charge in [-0.3, -0.25) is 0 Å². The topological polar surface area (TPSA) is 72.2 Å². The van der Waals surface area contributed by atoms with Gasteiger partial charge in [0.2, 0.25) is 10.0 Å². The SMILES string of the molecule is Cc1ccc(C)c(S(=O)(=O)NC2CCCc3cc(N)ccc32)c1. The summed E-state index contributed by atoms with van der Waals surface area (Å²) in [4.78, 5) is 0.361. The van der Waals surface area contributed by atoms with E-state index in [2.05, 4.69) is 4.72 Å². The van der Waals surface area contributed by atoms with E-state index in [0.717, 1.165) is 47.2 Å². The number of benzene rings is 2. The van der Waals surface area contributed by atoms with Gasteiger partial charge in [-0.15, -0.1) is 0 Å². The standard InChI is InChI=1S/C18H22N2O2S/c1-12-6-7-13(2)18(10-12)23(21,22)20-17-5-3-4-14-11-15(19)8-9-16(14)17/h6-11,17,20H,3-5,19H2,1-2H3. The molecule has 0 saturated heterocycles. The summed E-state index contributed by atoms with van der Waals surface area (Å²) in [6.07, 6.45) is 2.71. The van der Waals surface area contributed by atoms with Crippen molar-refractivity contribution in [3.05, 3.63) is 58.7 Å². The monoisotopic (exact) mass is 330 g/mol. The zero-order valence-corrected chi connectivity index (χ0v) is 14.3. The normalized spacial score (nSPS) is 17.7. The highest BCUT2D eigenvalue weighted by Gasteiger charge is 2.26. The van der Waals surface area contributed by atoms with Crippen molar-refractivity contribution in [1.29, 1.82) is 0 Å². The molecule has 23 heavy (non-hydrogen) atoms. The number of rotatable bonds is 3.